The number of carbonyl (C=O) groups is 2. The molecule has 1 heterocycles. The molecule has 0 atom stereocenters. The number of hydrogen-bond acceptors (Lipinski definition) is 4. The standard InChI is InChI=1S/C9H10O4/c1-8(2)12-5-9(13-8)6(10)3-4-7(9)11/h3-4H,5H2,1-2H3. The molecule has 4 heteroatoms. The molecular weight excluding hydrogens is 172 g/mol. The van der Waals surface area contributed by atoms with Crippen molar-refractivity contribution in [2.24, 2.45) is 0 Å². The summed E-state index contributed by atoms with van der Waals surface area (Å²) in [5, 5.41) is 0. The van der Waals surface area contributed by atoms with Crippen molar-refractivity contribution in [2.75, 3.05) is 6.61 Å². The van der Waals surface area contributed by atoms with Crippen LogP contribution >= 0.6 is 0 Å². The lowest BCUT2D eigenvalue weighted by Crippen LogP contribution is -2.45. The quantitative estimate of drug-likeness (QED) is 0.503. The predicted molar refractivity (Wildman–Crippen MR) is 43.0 cm³/mol. The largest absolute Gasteiger partial charge is 0.346 e. The molecule has 0 radical (unpaired) electrons. The van der Waals surface area contributed by atoms with Gasteiger partial charge in [0.2, 0.25) is 5.60 Å². The monoisotopic (exact) mass is 182 g/mol. The first-order valence-corrected chi connectivity index (χ1v) is 4.07. The van der Waals surface area contributed by atoms with E-state index in [2.05, 4.69) is 0 Å². The topological polar surface area (TPSA) is 52.6 Å². The van der Waals surface area contributed by atoms with Gasteiger partial charge in [-0.2, -0.15) is 0 Å². The van der Waals surface area contributed by atoms with Crippen LogP contribution in [0.25, 0.3) is 0 Å². The van der Waals surface area contributed by atoms with Gasteiger partial charge in [-0.15, -0.1) is 0 Å². The molecular formula is C9H10O4. The summed E-state index contributed by atoms with van der Waals surface area (Å²) in [6, 6.07) is 0. The van der Waals surface area contributed by atoms with E-state index < -0.39 is 11.4 Å². The van der Waals surface area contributed by atoms with Crippen molar-refractivity contribution in [1.29, 1.82) is 0 Å². The van der Waals surface area contributed by atoms with Gasteiger partial charge >= 0.3 is 0 Å². The minimum atomic E-state index is -1.37. The molecule has 13 heavy (non-hydrogen) atoms. The van der Waals surface area contributed by atoms with Crippen LogP contribution in [0.15, 0.2) is 12.2 Å². The second kappa shape index (κ2) is 2.27. The van der Waals surface area contributed by atoms with E-state index in [0.29, 0.717) is 0 Å². The summed E-state index contributed by atoms with van der Waals surface area (Å²) in [5.74, 6) is -1.48. The summed E-state index contributed by atoms with van der Waals surface area (Å²) in [7, 11) is 0. The van der Waals surface area contributed by atoms with Crippen LogP contribution in [-0.4, -0.2) is 29.6 Å². The fourth-order valence-corrected chi connectivity index (χ4v) is 1.54. The molecule has 0 unspecified atom stereocenters. The van der Waals surface area contributed by atoms with Crippen LogP contribution in [0.4, 0.5) is 0 Å². The number of hydrogen-bond donors (Lipinski definition) is 0. The van der Waals surface area contributed by atoms with Gasteiger partial charge in [0.15, 0.2) is 17.4 Å². The summed E-state index contributed by atoms with van der Waals surface area (Å²) >= 11 is 0. The van der Waals surface area contributed by atoms with Crippen molar-refractivity contribution in [1.82, 2.24) is 0 Å². The van der Waals surface area contributed by atoms with Gasteiger partial charge in [0.1, 0.15) is 0 Å². The molecule has 1 fully saturated rings. The van der Waals surface area contributed by atoms with Crippen LogP contribution in [0, 0.1) is 0 Å². The van der Waals surface area contributed by atoms with Gasteiger partial charge in [-0.3, -0.25) is 9.59 Å². The molecule has 1 aliphatic carbocycles. The zero-order valence-corrected chi connectivity index (χ0v) is 7.49. The van der Waals surface area contributed by atoms with Crippen molar-refractivity contribution >= 4 is 11.6 Å². The lowest BCUT2D eigenvalue weighted by Gasteiger charge is -2.21. The maximum absolute atomic E-state index is 11.4. The smallest absolute Gasteiger partial charge is 0.218 e. The Balaban J connectivity index is 2.34. The van der Waals surface area contributed by atoms with Crippen molar-refractivity contribution in [3.05, 3.63) is 12.2 Å². The lowest BCUT2D eigenvalue weighted by atomic mass is 10.0. The highest BCUT2D eigenvalue weighted by Crippen LogP contribution is 2.35. The first kappa shape index (κ1) is 8.59. The third kappa shape index (κ3) is 1.06. The highest BCUT2D eigenvalue weighted by atomic mass is 16.8. The van der Waals surface area contributed by atoms with Crippen LogP contribution in [0.2, 0.25) is 0 Å². The normalized spacial score (nSPS) is 29.1. The van der Waals surface area contributed by atoms with E-state index in [9.17, 15) is 9.59 Å². The molecule has 0 aromatic heterocycles. The zero-order chi connectivity index (χ0) is 9.69. The molecule has 2 rings (SSSR count). The number of ketones is 2. The average Bonchev–Trinajstić information content (AvgIpc) is 2.49. The number of ether oxygens (including phenoxy) is 2. The first-order chi connectivity index (χ1) is 5.96. The van der Waals surface area contributed by atoms with E-state index in [4.69, 9.17) is 9.47 Å². The van der Waals surface area contributed by atoms with E-state index in [1.807, 2.05) is 0 Å². The summed E-state index contributed by atoms with van der Waals surface area (Å²) in [6.07, 6.45) is 2.49. The molecule has 0 saturated carbocycles. The molecule has 4 nitrogen and oxygen atoms in total. The van der Waals surface area contributed by atoms with Crippen LogP contribution in [0.1, 0.15) is 13.8 Å². The molecule has 0 amide bonds. The third-order valence-electron chi connectivity index (χ3n) is 2.23. The van der Waals surface area contributed by atoms with Gasteiger partial charge in [0.25, 0.3) is 0 Å². The van der Waals surface area contributed by atoms with Gasteiger partial charge in [-0.1, -0.05) is 0 Å². The van der Waals surface area contributed by atoms with Crippen LogP contribution in [0.5, 0.6) is 0 Å². The summed E-state index contributed by atoms with van der Waals surface area (Å²) in [5.41, 5.74) is -1.37. The molecule has 2 aliphatic rings. The molecule has 1 spiro atoms. The Bertz CT molecular complexity index is 296. The lowest BCUT2D eigenvalue weighted by molar-refractivity contribution is -0.172. The van der Waals surface area contributed by atoms with Crippen molar-refractivity contribution in [3.8, 4) is 0 Å². The Morgan fingerprint density at radius 3 is 2.15 bits per heavy atom. The Kier molecular flexibility index (Phi) is 1.50. The van der Waals surface area contributed by atoms with E-state index in [0.717, 1.165) is 0 Å². The van der Waals surface area contributed by atoms with Crippen LogP contribution in [-0.2, 0) is 19.1 Å². The summed E-state index contributed by atoms with van der Waals surface area (Å²) in [4.78, 5) is 22.8. The fourth-order valence-electron chi connectivity index (χ4n) is 1.54. The molecule has 1 saturated heterocycles. The second-order valence-corrected chi connectivity index (χ2v) is 3.68. The maximum atomic E-state index is 11.4. The van der Waals surface area contributed by atoms with Crippen molar-refractivity contribution in [2.45, 2.75) is 25.2 Å². The Morgan fingerprint density at radius 1 is 1.23 bits per heavy atom. The number of rotatable bonds is 0. The van der Waals surface area contributed by atoms with Gasteiger partial charge in [-0.05, 0) is 26.0 Å². The first-order valence-electron chi connectivity index (χ1n) is 4.07. The molecule has 70 valence electrons. The highest BCUT2D eigenvalue weighted by molar-refractivity contribution is 6.25. The van der Waals surface area contributed by atoms with Gasteiger partial charge in [0.05, 0.1) is 6.61 Å². The Morgan fingerprint density at radius 2 is 1.77 bits per heavy atom. The van der Waals surface area contributed by atoms with Gasteiger partial charge in [-0.25, -0.2) is 0 Å². The van der Waals surface area contributed by atoms with Crippen LogP contribution < -0.4 is 0 Å². The molecule has 0 aromatic rings. The average molecular weight is 182 g/mol. The van der Waals surface area contributed by atoms with Crippen molar-refractivity contribution in [3.63, 3.8) is 0 Å². The second-order valence-electron chi connectivity index (χ2n) is 3.68. The Hall–Kier alpha value is -1.00. The zero-order valence-electron chi connectivity index (χ0n) is 7.49. The minimum absolute atomic E-state index is 0.0185. The van der Waals surface area contributed by atoms with Gasteiger partial charge < -0.3 is 9.47 Å². The van der Waals surface area contributed by atoms with E-state index >= 15 is 0 Å². The predicted octanol–water partition coefficient (Wildman–Crippen LogP) is 0.216. The SMILES string of the molecule is CC1(C)OCC2(O1)C(=O)C=CC2=O. The fraction of sp³-hybridized carbons (Fsp3) is 0.556. The molecule has 0 aromatic carbocycles. The summed E-state index contributed by atoms with van der Waals surface area (Å²) in [6.45, 7) is 3.38. The molecule has 0 N–H and O–H groups in total. The maximum Gasteiger partial charge on any atom is 0.218 e. The molecule has 0 bridgehead atoms. The highest BCUT2D eigenvalue weighted by Gasteiger charge is 2.56. The van der Waals surface area contributed by atoms with Gasteiger partial charge in [0, 0.05) is 0 Å². The minimum Gasteiger partial charge on any atom is -0.346 e. The Labute approximate surface area is 75.5 Å². The molecule has 1 aliphatic heterocycles. The summed E-state index contributed by atoms with van der Waals surface area (Å²) < 4.78 is 10.6. The van der Waals surface area contributed by atoms with E-state index in [1.54, 1.807) is 13.8 Å². The number of carbonyl (C=O) groups excluding carboxylic acids is 2. The third-order valence-corrected chi connectivity index (χ3v) is 2.23. The van der Waals surface area contributed by atoms with E-state index in [1.165, 1.54) is 12.2 Å². The van der Waals surface area contributed by atoms with Crippen LogP contribution in [0.3, 0.4) is 0 Å². The van der Waals surface area contributed by atoms with E-state index in [-0.39, 0.29) is 18.2 Å². The van der Waals surface area contributed by atoms with Crippen molar-refractivity contribution < 1.29 is 19.1 Å².